The molecule has 0 bridgehead atoms. The summed E-state index contributed by atoms with van der Waals surface area (Å²) in [6, 6.07) is 0. The van der Waals surface area contributed by atoms with Crippen LogP contribution in [0.15, 0.2) is 12.7 Å². The van der Waals surface area contributed by atoms with Gasteiger partial charge in [0.2, 0.25) is 0 Å². The normalized spacial score (nSPS) is 29.3. The van der Waals surface area contributed by atoms with Crippen molar-refractivity contribution in [2.75, 3.05) is 12.3 Å². The van der Waals surface area contributed by atoms with E-state index >= 15 is 0 Å². The second kappa shape index (κ2) is 5.76. The van der Waals surface area contributed by atoms with Gasteiger partial charge in [0.1, 0.15) is 17.9 Å². The molecule has 3 rings (SSSR count). The lowest BCUT2D eigenvalue weighted by atomic mass is 10.1. The van der Waals surface area contributed by atoms with Crippen molar-refractivity contribution >= 4 is 29.6 Å². The summed E-state index contributed by atoms with van der Waals surface area (Å²) in [4.78, 5) is 12.2. The number of nitrogens with two attached hydrogens (primary N) is 1. The molecule has 2 aromatic rings. The van der Waals surface area contributed by atoms with E-state index in [-0.39, 0.29) is 23.8 Å². The Morgan fingerprint density at radius 3 is 2.95 bits per heavy atom. The van der Waals surface area contributed by atoms with E-state index in [2.05, 4.69) is 27.6 Å². The molecule has 4 N–H and O–H groups in total. The third-order valence-electron chi connectivity index (χ3n) is 3.65. The number of ether oxygens (including phenoxy) is 1. The predicted octanol–water partition coefficient (Wildman–Crippen LogP) is -0.262. The SMILES string of the molecule is Nc1ncnc2c1ncn2[C@@H]1O[C@H](CCCO)[C@@H](S)[C@H]1O. The van der Waals surface area contributed by atoms with Crippen molar-refractivity contribution in [2.24, 2.45) is 0 Å². The first kappa shape index (κ1) is 14.5. The molecular formula is C12H17N5O3S. The van der Waals surface area contributed by atoms with Gasteiger partial charge in [0.25, 0.3) is 0 Å². The smallest absolute Gasteiger partial charge is 0.167 e. The van der Waals surface area contributed by atoms with Crippen LogP contribution in [0.25, 0.3) is 11.2 Å². The van der Waals surface area contributed by atoms with Gasteiger partial charge in [-0.1, -0.05) is 0 Å². The van der Waals surface area contributed by atoms with Crippen LogP contribution >= 0.6 is 12.6 Å². The van der Waals surface area contributed by atoms with Crippen molar-refractivity contribution in [3.63, 3.8) is 0 Å². The Labute approximate surface area is 126 Å². The number of aliphatic hydroxyl groups excluding tert-OH is 2. The van der Waals surface area contributed by atoms with Gasteiger partial charge in [-0.2, -0.15) is 12.6 Å². The van der Waals surface area contributed by atoms with E-state index in [1.807, 2.05) is 0 Å². The summed E-state index contributed by atoms with van der Waals surface area (Å²) in [5, 5.41) is 18.9. The highest BCUT2D eigenvalue weighted by Gasteiger charge is 2.42. The molecule has 114 valence electrons. The van der Waals surface area contributed by atoms with Crippen LogP contribution in [0, 0.1) is 0 Å². The summed E-state index contributed by atoms with van der Waals surface area (Å²) in [6.45, 7) is 0.0822. The number of aliphatic hydroxyl groups is 2. The molecule has 0 amide bonds. The third-order valence-corrected chi connectivity index (χ3v) is 4.28. The van der Waals surface area contributed by atoms with E-state index < -0.39 is 12.3 Å². The standard InChI is InChI=1S/C12H17N5O3S/c13-10-7-11(15-4-14-10)17(5-16-7)12-8(19)9(21)6(20-12)2-1-3-18/h4-6,8-9,12,18-19,21H,1-3H2,(H2,13,14,15)/t6-,8-,9-,12-/m1/s1. The lowest BCUT2D eigenvalue weighted by Gasteiger charge is -2.16. The molecule has 0 spiro atoms. The highest BCUT2D eigenvalue weighted by atomic mass is 32.1. The largest absolute Gasteiger partial charge is 0.396 e. The number of fused-ring (bicyclic) bond motifs is 1. The quantitative estimate of drug-likeness (QED) is 0.574. The zero-order valence-electron chi connectivity index (χ0n) is 11.2. The van der Waals surface area contributed by atoms with Crippen molar-refractivity contribution < 1.29 is 14.9 Å². The third kappa shape index (κ3) is 2.46. The first-order valence-corrected chi connectivity index (χ1v) is 7.20. The molecule has 1 saturated heterocycles. The van der Waals surface area contributed by atoms with E-state index in [1.54, 1.807) is 4.57 Å². The van der Waals surface area contributed by atoms with Crippen molar-refractivity contribution in [3.8, 4) is 0 Å². The van der Waals surface area contributed by atoms with Crippen molar-refractivity contribution in [1.82, 2.24) is 19.5 Å². The first-order valence-electron chi connectivity index (χ1n) is 6.69. The molecule has 3 heterocycles. The Kier molecular flexibility index (Phi) is 3.98. The number of hydrogen-bond donors (Lipinski definition) is 4. The van der Waals surface area contributed by atoms with Crippen molar-refractivity contribution in [3.05, 3.63) is 12.7 Å². The lowest BCUT2D eigenvalue weighted by molar-refractivity contribution is -0.0379. The minimum Gasteiger partial charge on any atom is -0.396 e. The molecule has 1 fully saturated rings. The van der Waals surface area contributed by atoms with E-state index in [4.69, 9.17) is 15.6 Å². The van der Waals surface area contributed by atoms with Gasteiger partial charge in [-0.25, -0.2) is 15.0 Å². The maximum Gasteiger partial charge on any atom is 0.167 e. The first-order chi connectivity index (χ1) is 10.1. The summed E-state index contributed by atoms with van der Waals surface area (Å²) in [5.41, 5.74) is 6.73. The zero-order chi connectivity index (χ0) is 15.0. The summed E-state index contributed by atoms with van der Waals surface area (Å²) in [5.74, 6) is 0.283. The Morgan fingerprint density at radius 1 is 1.38 bits per heavy atom. The highest BCUT2D eigenvalue weighted by molar-refractivity contribution is 7.81. The van der Waals surface area contributed by atoms with Gasteiger partial charge in [0, 0.05) is 6.61 Å². The van der Waals surface area contributed by atoms with Crippen LogP contribution in [0.4, 0.5) is 5.82 Å². The maximum absolute atomic E-state index is 10.3. The van der Waals surface area contributed by atoms with Crippen molar-refractivity contribution in [2.45, 2.75) is 36.5 Å². The molecule has 9 heteroatoms. The van der Waals surface area contributed by atoms with Gasteiger partial charge in [-0.15, -0.1) is 0 Å². The minimum atomic E-state index is -0.800. The molecule has 2 aromatic heterocycles. The molecule has 4 atom stereocenters. The fraction of sp³-hybridized carbons (Fsp3) is 0.583. The number of rotatable bonds is 4. The number of nitrogen functional groups attached to an aromatic ring is 1. The van der Waals surface area contributed by atoms with Gasteiger partial charge < -0.3 is 20.7 Å². The molecule has 1 aliphatic heterocycles. The van der Waals surface area contributed by atoms with Gasteiger partial charge in [-0.3, -0.25) is 4.57 Å². The molecule has 0 aromatic carbocycles. The maximum atomic E-state index is 10.3. The number of aromatic nitrogens is 4. The van der Waals surface area contributed by atoms with Gasteiger partial charge in [0.05, 0.1) is 17.7 Å². The van der Waals surface area contributed by atoms with E-state index in [9.17, 15) is 5.11 Å². The van der Waals surface area contributed by atoms with Crippen LogP contribution < -0.4 is 5.73 Å². The number of imidazole rings is 1. The summed E-state index contributed by atoms with van der Waals surface area (Å²) >= 11 is 4.41. The molecule has 0 saturated carbocycles. The van der Waals surface area contributed by atoms with Crippen LogP contribution in [0.2, 0.25) is 0 Å². The molecule has 21 heavy (non-hydrogen) atoms. The van der Waals surface area contributed by atoms with Gasteiger partial charge in [0.15, 0.2) is 17.7 Å². The Morgan fingerprint density at radius 2 is 2.19 bits per heavy atom. The molecule has 8 nitrogen and oxygen atoms in total. The van der Waals surface area contributed by atoms with Crippen LogP contribution in [0.5, 0.6) is 0 Å². The average Bonchev–Trinajstić information content (AvgIpc) is 3.02. The Balaban J connectivity index is 1.90. The Bertz CT molecular complexity index is 636. The highest BCUT2D eigenvalue weighted by Crippen LogP contribution is 2.36. The fourth-order valence-electron chi connectivity index (χ4n) is 2.55. The number of hydrogen-bond acceptors (Lipinski definition) is 8. The molecule has 0 unspecified atom stereocenters. The van der Waals surface area contributed by atoms with Crippen molar-refractivity contribution in [1.29, 1.82) is 0 Å². The molecular weight excluding hydrogens is 294 g/mol. The zero-order valence-corrected chi connectivity index (χ0v) is 12.1. The second-order valence-corrected chi connectivity index (χ2v) is 5.59. The molecule has 0 aliphatic carbocycles. The lowest BCUT2D eigenvalue weighted by Crippen LogP contribution is -2.27. The van der Waals surface area contributed by atoms with Crippen LogP contribution in [-0.2, 0) is 4.74 Å². The van der Waals surface area contributed by atoms with Gasteiger partial charge >= 0.3 is 0 Å². The average molecular weight is 311 g/mol. The van der Waals surface area contributed by atoms with E-state index in [0.717, 1.165) is 0 Å². The summed E-state index contributed by atoms with van der Waals surface area (Å²) in [7, 11) is 0. The predicted molar refractivity (Wildman–Crippen MR) is 78.7 cm³/mol. The van der Waals surface area contributed by atoms with Crippen LogP contribution in [-0.4, -0.2) is 53.8 Å². The summed E-state index contributed by atoms with van der Waals surface area (Å²) in [6.07, 6.45) is 2.43. The monoisotopic (exact) mass is 311 g/mol. The van der Waals surface area contributed by atoms with Crippen LogP contribution in [0.1, 0.15) is 19.1 Å². The number of thiol groups is 1. The molecule has 1 aliphatic rings. The van der Waals surface area contributed by atoms with E-state index in [0.29, 0.717) is 24.0 Å². The minimum absolute atomic E-state index is 0.0822. The molecule has 0 radical (unpaired) electrons. The second-order valence-electron chi connectivity index (χ2n) is 5.00. The number of nitrogens with zero attached hydrogens (tertiary/aromatic N) is 4. The van der Waals surface area contributed by atoms with E-state index in [1.165, 1.54) is 12.7 Å². The Hall–Kier alpha value is -1.42. The van der Waals surface area contributed by atoms with Crippen LogP contribution in [0.3, 0.4) is 0 Å². The number of anilines is 1. The summed E-state index contributed by atoms with van der Waals surface area (Å²) < 4.78 is 7.50. The van der Waals surface area contributed by atoms with Gasteiger partial charge in [-0.05, 0) is 12.8 Å². The topological polar surface area (TPSA) is 119 Å². The fourth-order valence-corrected chi connectivity index (χ4v) is 2.91.